The molecule has 6 nitrogen and oxygen atoms in total. The summed E-state index contributed by atoms with van der Waals surface area (Å²) in [5, 5.41) is 9.22. The zero-order valence-corrected chi connectivity index (χ0v) is 11.1. The number of aliphatic hydroxyl groups is 1. The standard InChI is InChI=1S/C15H14N2O4/c18-8-11-12-13(21-12)14(20-11)17-7-10(6-16-15(17)19)9-4-2-1-3-5-9/h1-7,11-14,18H,8H2/t11-,12+,13+,14-/m1/s1. The van der Waals surface area contributed by atoms with Crippen LogP contribution >= 0.6 is 0 Å². The van der Waals surface area contributed by atoms with Crippen molar-refractivity contribution in [1.29, 1.82) is 0 Å². The lowest BCUT2D eigenvalue weighted by molar-refractivity contribution is -0.0855. The van der Waals surface area contributed by atoms with Crippen LogP contribution in [0.4, 0.5) is 0 Å². The highest BCUT2D eigenvalue weighted by molar-refractivity contribution is 5.61. The van der Waals surface area contributed by atoms with Crippen LogP contribution in [-0.2, 0) is 9.47 Å². The van der Waals surface area contributed by atoms with Gasteiger partial charge in [-0.3, -0.25) is 4.57 Å². The van der Waals surface area contributed by atoms with Gasteiger partial charge in [0.25, 0.3) is 0 Å². The van der Waals surface area contributed by atoms with Crippen LogP contribution < -0.4 is 5.69 Å². The Morgan fingerprint density at radius 1 is 1.14 bits per heavy atom. The van der Waals surface area contributed by atoms with E-state index in [1.807, 2.05) is 30.3 Å². The fourth-order valence-corrected chi connectivity index (χ4v) is 2.76. The summed E-state index contributed by atoms with van der Waals surface area (Å²) in [7, 11) is 0. The molecule has 108 valence electrons. The molecule has 0 spiro atoms. The minimum absolute atomic E-state index is 0.113. The summed E-state index contributed by atoms with van der Waals surface area (Å²) in [4.78, 5) is 15.9. The van der Waals surface area contributed by atoms with Gasteiger partial charge < -0.3 is 14.6 Å². The second kappa shape index (κ2) is 4.77. The van der Waals surface area contributed by atoms with Gasteiger partial charge in [0.05, 0.1) is 6.61 Å². The van der Waals surface area contributed by atoms with E-state index in [2.05, 4.69) is 4.98 Å². The van der Waals surface area contributed by atoms with E-state index in [-0.39, 0.29) is 30.6 Å². The van der Waals surface area contributed by atoms with Crippen LogP contribution in [0.2, 0.25) is 0 Å². The number of aromatic nitrogens is 2. The number of hydrogen-bond donors (Lipinski definition) is 1. The molecule has 2 aromatic rings. The average Bonchev–Trinajstić information content (AvgIpc) is 3.24. The van der Waals surface area contributed by atoms with Crippen molar-refractivity contribution in [2.24, 2.45) is 0 Å². The summed E-state index contributed by atoms with van der Waals surface area (Å²) in [6, 6.07) is 9.70. The topological polar surface area (TPSA) is 76.9 Å². The highest BCUT2D eigenvalue weighted by Crippen LogP contribution is 2.44. The Morgan fingerprint density at radius 3 is 2.67 bits per heavy atom. The van der Waals surface area contributed by atoms with Crippen molar-refractivity contribution in [3.63, 3.8) is 0 Å². The van der Waals surface area contributed by atoms with Crippen LogP contribution in [0.1, 0.15) is 6.23 Å². The number of benzene rings is 1. The number of rotatable bonds is 3. The maximum absolute atomic E-state index is 12.0. The molecule has 0 aliphatic carbocycles. The number of nitrogens with zero attached hydrogens (tertiary/aromatic N) is 2. The van der Waals surface area contributed by atoms with Crippen LogP contribution in [0.5, 0.6) is 0 Å². The molecule has 21 heavy (non-hydrogen) atoms. The summed E-state index contributed by atoms with van der Waals surface area (Å²) < 4.78 is 12.6. The maximum atomic E-state index is 12.0. The van der Waals surface area contributed by atoms with Crippen LogP contribution in [0.3, 0.4) is 0 Å². The molecule has 4 rings (SSSR count). The SMILES string of the molecule is O=c1ncc(-c2ccccc2)cn1[C@@H]1O[C@H](CO)[C@@H]2O[C@@H]21. The van der Waals surface area contributed by atoms with Gasteiger partial charge in [-0.15, -0.1) is 0 Å². The predicted molar refractivity (Wildman–Crippen MR) is 73.6 cm³/mol. The van der Waals surface area contributed by atoms with Crippen molar-refractivity contribution in [2.75, 3.05) is 6.61 Å². The summed E-state index contributed by atoms with van der Waals surface area (Å²) in [5.41, 5.74) is 1.43. The molecule has 0 radical (unpaired) electrons. The molecule has 0 amide bonds. The number of ether oxygens (including phenoxy) is 2. The molecule has 2 saturated heterocycles. The average molecular weight is 286 g/mol. The summed E-state index contributed by atoms with van der Waals surface area (Å²) >= 11 is 0. The molecule has 2 aliphatic heterocycles. The molecule has 0 unspecified atom stereocenters. The van der Waals surface area contributed by atoms with E-state index in [9.17, 15) is 9.90 Å². The van der Waals surface area contributed by atoms with Gasteiger partial charge in [0.2, 0.25) is 0 Å². The van der Waals surface area contributed by atoms with Gasteiger partial charge in [0.1, 0.15) is 18.3 Å². The van der Waals surface area contributed by atoms with Gasteiger partial charge in [-0.1, -0.05) is 30.3 Å². The summed E-state index contributed by atoms with van der Waals surface area (Å²) in [6.07, 6.45) is 2.11. The first-order valence-corrected chi connectivity index (χ1v) is 6.83. The Bertz CT molecular complexity index is 715. The third-order valence-electron chi connectivity index (χ3n) is 3.90. The fraction of sp³-hybridized carbons (Fsp3) is 0.333. The smallest absolute Gasteiger partial charge is 0.349 e. The van der Waals surface area contributed by atoms with Crippen molar-refractivity contribution >= 4 is 0 Å². The number of hydrogen-bond acceptors (Lipinski definition) is 5. The minimum Gasteiger partial charge on any atom is -0.394 e. The van der Waals surface area contributed by atoms with Gasteiger partial charge in [-0.25, -0.2) is 9.78 Å². The Balaban J connectivity index is 1.71. The van der Waals surface area contributed by atoms with Crippen molar-refractivity contribution < 1.29 is 14.6 Å². The van der Waals surface area contributed by atoms with E-state index in [0.717, 1.165) is 11.1 Å². The molecule has 1 aromatic heterocycles. The lowest BCUT2D eigenvalue weighted by atomic mass is 10.1. The highest BCUT2D eigenvalue weighted by Gasteiger charge is 2.58. The third-order valence-corrected chi connectivity index (χ3v) is 3.90. The first-order valence-electron chi connectivity index (χ1n) is 6.83. The van der Waals surface area contributed by atoms with Crippen LogP contribution in [-0.4, -0.2) is 39.6 Å². The molecule has 4 atom stereocenters. The maximum Gasteiger partial charge on any atom is 0.349 e. The number of epoxide rings is 1. The molecule has 6 heteroatoms. The van der Waals surface area contributed by atoms with Crippen LogP contribution in [0.15, 0.2) is 47.5 Å². The summed E-state index contributed by atoms with van der Waals surface area (Å²) in [6.45, 7) is -0.113. The van der Waals surface area contributed by atoms with Gasteiger partial charge in [-0.05, 0) is 5.56 Å². The van der Waals surface area contributed by atoms with E-state index in [1.165, 1.54) is 4.57 Å². The zero-order valence-electron chi connectivity index (χ0n) is 11.1. The monoisotopic (exact) mass is 286 g/mol. The van der Waals surface area contributed by atoms with E-state index in [1.54, 1.807) is 12.4 Å². The van der Waals surface area contributed by atoms with E-state index in [4.69, 9.17) is 9.47 Å². The predicted octanol–water partition coefficient (Wildman–Crippen LogP) is 0.567. The lowest BCUT2D eigenvalue weighted by Crippen LogP contribution is -2.30. The van der Waals surface area contributed by atoms with Gasteiger partial charge in [-0.2, -0.15) is 0 Å². The molecule has 1 N–H and O–H groups in total. The Kier molecular flexibility index (Phi) is 2.88. The highest BCUT2D eigenvalue weighted by atomic mass is 16.7. The number of fused-ring (bicyclic) bond motifs is 1. The van der Waals surface area contributed by atoms with Gasteiger partial charge in [0.15, 0.2) is 6.23 Å². The molecular weight excluding hydrogens is 272 g/mol. The molecule has 1 aromatic carbocycles. The minimum atomic E-state index is -0.518. The second-order valence-electron chi connectivity index (χ2n) is 5.21. The lowest BCUT2D eigenvalue weighted by Gasteiger charge is -2.18. The largest absolute Gasteiger partial charge is 0.394 e. The molecule has 3 heterocycles. The van der Waals surface area contributed by atoms with Crippen LogP contribution in [0.25, 0.3) is 11.1 Å². The van der Waals surface area contributed by atoms with Gasteiger partial charge in [0, 0.05) is 18.0 Å². The molecule has 2 aliphatic rings. The molecule has 0 saturated carbocycles. The first-order chi connectivity index (χ1) is 10.3. The Morgan fingerprint density at radius 2 is 1.95 bits per heavy atom. The Labute approximate surface area is 120 Å². The second-order valence-corrected chi connectivity index (χ2v) is 5.21. The molecular formula is C15H14N2O4. The molecule has 2 fully saturated rings. The third kappa shape index (κ3) is 2.08. The number of aliphatic hydroxyl groups excluding tert-OH is 1. The fourth-order valence-electron chi connectivity index (χ4n) is 2.76. The molecule has 0 bridgehead atoms. The Hall–Kier alpha value is -2.02. The van der Waals surface area contributed by atoms with Crippen molar-refractivity contribution in [3.8, 4) is 11.1 Å². The zero-order chi connectivity index (χ0) is 14.4. The quantitative estimate of drug-likeness (QED) is 0.835. The van der Waals surface area contributed by atoms with E-state index in [0.29, 0.717) is 0 Å². The van der Waals surface area contributed by atoms with Crippen LogP contribution in [0, 0.1) is 0 Å². The van der Waals surface area contributed by atoms with Crippen molar-refractivity contribution in [3.05, 3.63) is 53.2 Å². The van der Waals surface area contributed by atoms with Gasteiger partial charge >= 0.3 is 5.69 Å². The van der Waals surface area contributed by atoms with Crippen molar-refractivity contribution in [2.45, 2.75) is 24.5 Å². The van der Waals surface area contributed by atoms with Crippen molar-refractivity contribution in [1.82, 2.24) is 9.55 Å². The van der Waals surface area contributed by atoms with E-state index >= 15 is 0 Å². The first kappa shape index (κ1) is 12.7. The summed E-state index contributed by atoms with van der Waals surface area (Å²) in [5.74, 6) is 0. The van der Waals surface area contributed by atoms with E-state index < -0.39 is 6.23 Å². The normalized spacial score (nSPS) is 30.1.